The van der Waals surface area contributed by atoms with Crippen molar-refractivity contribution in [2.45, 2.75) is 140 Å². The third-order valence-corrected chi connectivity index (χ3v) is 6.70. The monoisotopic (exact) mass is 477 g/mol. The highest BCUT2D eigenvalue weighted by Crippen LogP contribution is 2.25. The van der Waals surface area contributed by atoms with E-state index in [0.29, 0.717) is 0 Å². The fraction of sp³-hybridized carbons (Fsp3) is 1.00. The number of halogens is 1. The van der Waals surface area contributed by atoms with Crippen molar-refractivity contribution >= 4 is 11.6 Å². The number of hydrogen-bond acceptors (Lipinski definition) is 4. The maximum atomic E-state index is 6.24. The molecular weight excluding hydrogens is 422 g/mol. The van der Waals surface area contributed by atoms with Crippen molar-refractivity contribution in [2.75, 3.05) is 34.9 Å². The molecule has 1 unspecified atom stereocenters. The molecule has 0 rings (SSSR count). The van der Waals surface area contributed by atoms with Crippen LogP contribution in [0.3, 0.4) is 0 Å². The van der Waals surface area contributed by atoms with Crippen molar-refractivity contribution in [1.29, 1.82) is 0 Å². The lowest BCUT2D eigenvalue weighted by Gasteiger charge is -2.29. The van der Waals surface area contributed by atoms with E-state index in [0.717, 1.165) is 25.8 Å². The molecule has 32 heavy (non-hydrogen) atoms. The molecule has 194 valence electrons. The van der Waals surface area contributed by atoms with Crippen molar-refractivity contribution in [1.82, 2.24) is 4.90 Å². The Morgan fingerprint density at radius 1 is 0.625 bits per heavy atom. The minimum atomic E-state index is -1.46. The molecule has 4 nitrogen and oxygen atoms in total. The quantitative estimate of drug-likeness (QED) is 0.0748. The fourth-order valence-corrected chi connectivity index (χ4v) is 4.32. The fourth-order valence-electron chi connectivity index (χ4n) is 4.20. The number of rotatable bonds is 25. The molecule has 0 aliphatic carbocycles. The molecule has 0 amide bonds. The summed E-state index contributed by atoms with van der Waals surface area (Å²) in [5.74, 6) is 0. The van der Waals surface area contributed by atoms with Crippen LogP contribution in [0.5, 0.6) is 0 Å². The van der Waals surface area contributed by atoms with Crippen molar-refractivity contribution < 1.29 is 14.2 Å². The number of nitrogens with zero attached hydrogens (tertiary/aromatic N) is 1. The Kier molecular flexibility index (Phi) is 23.0. The molecular formula is C27H56ClNO3. The van der Waals surface area contributed by atoms with Gasteiger partial charge in [0.15, 0.2) is 0 Å². The molecule has 5 heteroatoms. The summed E-state index contributed by atoms with van der Waals surface area (Å²) in [6, 6.07) is 0. The first kappa shape index (κ1) is 32.1. The summed E-state index contributed by atoms with van der Waals surface area (Å²) < 4.78 is 16.3. The van der Waals surface area contributed by atoms with Gasteiger partial charge < -0.3 is 19.1 Å². The molecule has 0 bridgehead atoms. The van der Waals surface area contributed by atoms with Crippen LogP contribution in [-0.2, 0) is 14.2 Å². The normalized spacial score (nSPS) is 13.2. The molecule has 0 aliphatic heterocycles. The van der Waals surface area contributed by atoms with E-state index in [1.165, 1.54) is 117 Å². The number of methoxy groups -OCH3 is 2. The van der Waals surface area contributed by atoms with Crippen LogP contribution < -0.4 is 0 Å². The van der Waals surface area contributed by atoms with Crippen LogP contribution in [-0.4, -0.2) is 51.3 Å². The van der Waals surface area contributed by atoms with Gasteiger partial charge in [-0.3, -0.25) is 0 Å². The second-order valence-electron chi connectivity index (χ2n) is 9.67. The van der Waals surface area contributed by atoms with Crippen LogP contribution in [0.25, 0.3) is 0 Å². The third kappa shape index (κ3) is 20.7. The third-order valence-electron chi connectivity index (χ3n) is 6.31. The Labute approximate surface area is 206 Å². The summed E-state index contributed by atoms with van der Waals surface area (Å²) in [6.07, 6.45) is 25.3. The Bertz CT molecular complexity index is 378. The van der Waals surface area contributed by atoms with Crippen LogP contribution in [0, 0.1) is 0 Å². The highest BCUT2D eigenvalue weighted by atomic mass is 35.5. The molecule has 0 radical (unpaired) electrons. The molecule has 0 aromatic carbocycles. The van der Waals surface area contributed by atoms with Crippen molar-refractivity contribution in [3.05, 3.63) is 0 Å². The van der Waals surface area contributed by atoms with Crippen LogP contribution in [0.2, 0.25) is 0 Å². The molecule has 0 fully saturated rings. The topological polar surface area (TPSA) is 30.9 Å². The standard InChI is InChI=1S/C27H56ClNO3/c1-6-7-8-9-10-11-12-13-14-15-16-17-18-19-20-21-23-26(24-22-25-29(2)3)32-27(28,30-4)31-5/h26H,6-25H2,1-5H3. The Morgan fingerprint density at radius 3 is 1.38 bits per heavy atom. The number of alkyl halides is 1. The Hall–Kier alpha value is 0.130. The zero-order valence-electron chi connectivity index (χ0n) is 22.3. The second kappa shape index (κ2) is 22.9. The van der Waals surface area contributed by atoms with Gasteiger partial charge in [0.2, 0.25) is 0 Å². The average Bonchev–Trinajstić information content (AvgIpc) is 2.78. The first-order valence-corrected chi connectivity index (χ1v) is 14.0. The van der Waals surface area contributed by atoms with E-state index in [2.05, 4.69) is 25.9 Å². The lowest BCUT2D eigenvalue weighted by Crippen LogP contribution is -2.35. The minimum absolute atomic E-state index is 0.0685. The summed E-state index contributed by atoms with van der Waals surface area (Å²) in [5.41, 5.74) is -1.46. The molecule has 0 aliphatic rings. The summed E-state index contributed by atoms with van der Waals surface area (Å²) in [6.45, 7) is 3.34. The molecule has 0 saturated heterocycles. The number of hydrogen-bond donors (Lipinski definition) is 0. The first-order valence-electron chi connectivity index (χ1n) is 13.6. The van der Waals surface area contributed by atoms with Gasteiger partial charge >= 0.3 is 5.43 Å². The van der Waals surface area contributed by atoms with Gasteiger partial charge in [-0.05, 0) is 51.5 Å². The molecule has 0 heterocycles. The van der Waals surface area contributed by atoms with Gasteiger partial charge in [0.25, 0.3) is 0 Å². The van der Waals surface area contributed by atoms with Gasteiger partial charge in [-0.1, -0.05) is 110 Å². The van der Waals surface area contributed by atoms with Crippen molar-refractivity contribution in [3.8, 4) is 0 Å². The summed E-state index contributed by atoms with van der Waals surface area (Å²) >= 11 is 6.24. The number of unbranched alkanes of at least 4 members (excludes halogenated alkanes) is 15. The van der Waals surface area contributed by atoms with Crippen LogP contribution in [0.1, 0.15) is 129 Å². The Balaban J connectivity index is 3.69. The smallest absolute Gasteiger partial charge is 0.318 e. The van der Waals surface area contributed by atoms with Crippen molar-refractivity contribution in [3.63, 3.8) is 0 Å². The molecule has 0 aromatic heterocycles. The molecule has 1 atom stereocenters. The SMILES string of the molecule is CCCCCCCCCCCCCCCCCCC(CCCN(C)C)OC(Cl)(OC)OC. The summed E-state index contributed by atoms with van der Waals surface area (Å²) in [5, 5.41) is 0. The second-order valence-corrected chi connectivity index (χ2v) is 10.1. The largest absolute Gasteiger partial charge is 0.370 e. The van der Waals surface area contributed by atoms with E-state index in [9.17, 15) is 0 Å². The van der Waals surface area contributed by atoms with Crippen LogP contribution in [0.15, 0.2) is 0 Å². The minimum Gasteiger partial charge on any atom is -0.318 e. The van der Waals surface area contributed by atoms with Gasteiger partial charge in [0, 0.05) is 14.2 Å². The first-order chi connectivity index (χ1) is 15.5. The lowest BCUT2D eigenvalue weighted by atomic mass is 10.0. The Morgan fingerprint density at radius 2 is 1.00 bits per heavy atom. The summed E-state index contributed by atoms with van der Waals surface area (Å²) in [7, 11) is 7.23. The number of ether oxygens (including phenoxy) is 3. The van der Waals surface area contributed by atoms with Crippen LogP contribution in [0.4, 0.5) is 0 Å². The zero-order chi connectivity index (χ0) is 23.9. The van der Waals surface area contributed by atoms with E-state index in [-0.39, 0.29) is 6.10 Å². The molecule has 0 aromatic rings. The van der Waals surface area contributed by atoms with Crippen molar-refractivity contribution in [2.24, 2.45) is 0 Å². The van der Waals surface area contributed by atoms with Gasteiger partial charge in [-0.2, -0.15) is 0 Å². The maximum Gasteiger partial charge on any atom is 0.370 e. The van der Waals surface area contributed by atoms with Gasteiger partial charge in [-0.25, -0.2) is 0 Å². The van der Waals surface area contributed by atoms with E-state index < -0.39 is 5.43 Å². The van der Waals surface area contributed by atoms with E-state index in [1.807, 2.05) is 0 Å². The molecule has 0 N–H and O–H groups in total. The highest BCUT2D eigenvalue weighted by molar-refractivity contribution is 6.20. The van der Waals surface area contributed by atoms with E-state index >= 15 is 0 Å². The lowest BCUT2D eigenvalue weighted by molar-refractivity contribution is -0.321. The zero-order valence-corrected chi connectivity index (χ0v) is 23.0. The molecule has 0 spiro atoms. The van der Waals surface area contributed by atoms with E-state index in [1.54, 1.807) is 0 Å². The highest BCUT2D eigenvalue weighted by Gasteiger charge is 2.31. The average molecular weight is 478 g/mol. The predicted octanol–water partition coefficient (Wildman–Crippen LogP) is 8.51. The van der Waals surface area contributed by atoms with Gasteiger partial charge in [-0.15, -0.1) is 0 Å². The van der Waals surface area contributed by atoms with Gasteiger partial charge in [0.1, 0.15) is 0 Å². The molecule has 0 saturated carbocycles. The van der Waals surface area contributed by atoms with Crippen LogP contribution >= 0.6 is 11.6 Å². The summed E-state index contributed by atoms with van der Waals surface area (Å²) in [4.78, 5) is 2.20. The van der Waals surface area contributed by atoms with E-state index in [4.69, 9.17) is 25.8 Å². The maximum absolute atomic E-state index is 6.24. The predicted molar refractivity (Wildman–Crippen MR) is 139 cm³/mol. The van der Waals surface area contributed by atoms with Gasteiger partial charge in [0.05, 0.1) is 6.10 Å².